The van der Waals surface area contributed by atoms with Gasteiger partial charge in [0.15, 0.2) is 0 Å². The van der Waals surface area contributed by atoms with Crippen LogP contribution in [0.4, 0.5) is 5.69 Å². The Kier molecular flexibility index (Phi) is 4.24. The molecule has 1 aliphatic carbocycles. The van der Waals surface area contributed by atoms with Gasteiger partial charge in [-0.3, -0.25) is 4.90 Å². The van der Waals surface area contributed by atoms with E-state index >= 15 is 0 Å². The van der Waals surface area contributed by atoms with Gasteiger partial charge < -0.3 is 9.88 Å². The first-order valence-corrected chi connectivity index (χ1v) is 10.5. The fourth-order valence-corrected chi connectivity index (χ4v) is 5.00. The van der Waals surface area contributed by atoms with Gasteiger partial charge in [-0.15, -0.1) is 0 Å². The summed E-state index contributed by atoms with van der Waals surface area (Å²) in [7, 11) is 4.43. The highest BCUT2D eigenvalue weighted by atomic mass is 127. The van der Waals surface area contributed by atoms with Crippen molar-refractivity contribution >= 4 is 44.8 Å². The Labute approximate surface area is 173 Å². The molecule has 2 atom stereocenters. The monoisotopic (exact) mass is 470 g/mol. The summed E-state index contributed by atoms with van der Waals surface area (Å²) >= 11 is 2.24. The highest BCUT2D eigenvalue weighted by molar-refractivity contribution is 14.1. The van der Waals surface area contributed by atoms with E-state index in [0.717, 1.165) is 28.9 Å². The molecule has 27 heavy (non-hydrogen) atoms. The summed E-state index contributed by atoms with van der Waals surface area (Å²) in [4.78, 5) is 6.90. The lowest BCUT2D eigenvalue weighted by molar-refractivity contribution is 0.249. The highest BCUT2D eigenvalue weighted by Crippen LogP contribution is 2.41. The van der Waals surface area contributed by atoms with Crippen molar-refractivity contribution in [3.63, 3.8) is 0 Å². The molecule has 1 aliphatic heterocycles. The van der Waals surface area contributed by atoms with Gasteiger partial charge in [0.05, 0.1) is 11.9 Å². The van der Waals surface area contributed by atoms with Crippen LogP contribution in [0.1, 0.15) is 11.1 Å². The van der Waals surface area contributed by atoms with Crippen LogP contribution in [0.2, 0.25) is 0 Å². The lowest BCUT2D eigenvalue weighted by Gasteiger charge is -2.40. The quantitative estimate of drug-likeness (QED) is 0.461. The van der Waals surface area contributed by atoms with Crippen LogP contribution in [0.25, 0.3) is 16.5 Å². The second-order valence-electron chi connectivity index (χ2n) is 7.76. The number of rotatable bonds is 3. The molecule has 1 N–H and O–H groups in total. The zero-order chi connectivity index (χ0) is 18.5. The molecule has 1 aromatic carbocycles. The first kappa shape index (κ1) is 17.3. The number of hydrogen-bond donors (Lipinski definition) is 1. The van der Waals surface area contributed by atoms with Crippen molar-refractivity contribution < 1.29 is 0 Å². The van der Waals surface area contributed by atoms with Gasteiger partial charge >= 0.3 is 0 Å². The number of hydrogen-bond acceptors (Lipinski definition) is 3. The molecule has 2 aromatic heterocycles. The van der Waals surface area contributed by atoms with Gasteiger partial charge in [-0.25, -0.2) is 4.98 Å². The van der Waals surface area contributed by atoms with Gasteiger partial charge in [0, 0.05) is 49.2 Å². The number of anilines is 1. The number of pyridine rings is 1. The number of likely N-dealkylation sites (N-methyl/N-ethyl adjacent to an activating group) is 1. The molecular weight excluding hydrogens is 447 g/mol. The van der Waals surface area contributed by atoms with Gasteiger partial charge in [0.1, 0.15) is 3.70 Å². The van der Waals surface area contributed by atoms with E-state index in [0.29, 0.717) is 12.0 Å². The van der Waals surface area contributed by atoms with Crippen molar-refractivity contribution in [2.75, 3.05) is 25.5 Å². The van der Waals surface area contributed by atoms with Crippen molar-refractivity contribution in [2.24, 2.45) is 13.0 Å². The summed E-state index contributed by atoms with van der Waals surface area (Å²) in [5.74, 6) is 0.487. The summed E-state index contributed by atoms with van der Waals surface area (Å²) in [6.45, 7) is 2.01. The van der Waals surface area contributed by atoms with E-state index in [-0.39, 0.29) is 0 Å². The lowest BCUT2D eigenvalue weighted by Crippen LogP contribution is -2.43. The zero-order valence-electron chi connectivity index (χ0n) is 15.6. The predicted octanol–water partition coefficient (Wildman–Crippen LogP) is 4.16. The molecule has 4 nitrogen and oxygen atoms in total. The summed E-state index contributed by atoms with van der Waals surface area (Å²) < 4.78 is 3.30. The molecule has 5 heteroatoms. The molecule has 0 amide bonds. The van der Waals surface area contributed by atoms with Crippen LogP contribution in [-0.2, 0) is 13.5 Å². The van der Waals surface area contributed by atoms with Crippen LogP contribution >= 0.6 is 22.6 Å². The Morgan fingerprint density at radius 2 is 2.11 bits per heavy atom. The van der Waals surface area contributed by atoms with Crippen LogP contribution in [-0.4, -0.2) is 40.6 Å². The molecule has 0 bridgehead atoms. The zero-order valence-corrected chi connectivity index (χ0v) is 17.8. The average molecular weight is 470 g/mol. The molecule has 0 radical (unpaired) electrons. The number of halogens is 1. The number of benzene rings is 1. The third-order valence-electron chi connectivity index (χ3n) is 5.94. The smallest absolute Gasteiger partial charge is 0.101 e. The third-order valence-corrected chi connectivity index (χ3v) is 6.58. The van der Waals surface area contributed by atoms with E-state index in [1.165, 1.54) is 27.6 Å². The van der Waals surface area contributed by atoms with E-state index < -0.39 is 0 Å². The maximum absolute atomic E-state index is 4.37. The third kappa shape index (κ3) is 2.97. The standard InChI is InChI=1S/C22H23IN4/c1-26-12-14(10-24-16-6-7-21(23)25-11-16)8-18-17-4-3-5-19-22(17)15(9-20(18)26)13-27(19)2/h3-8,11,13-14,20,24H,9-10,12H2,1-2H3/t14-,20+/m0/s1. The molecule has 138 valence electrons. The average Bonchev–Trinajstić information content (AvgIpc) is 2.99. The first-order valence-electron chi connectivity index (χ1n) is 9.45. The van der Waals surface area contributed by atoms with Crippen molar-refractivity contribution in [1.29, 1.82) is 0 Å². The minimum atomic E-state index is 0.487. The van der Waals surface area contributed by atoms with E-state index in [9.17, 15) is 0 Å². The van der Waals surface area contributed by atoms with E-state index in [4.69, 9.17) is 0 Å². The van der Waals surface area contributed by atoms with Crippen LogP contribution < -0.4 is 5.32 Å². The van der Waals surface area contributed by atoms with Gasteiger partial charge in [0.25, 0.3) is 0 Å². The van der Waals surface area contributed by atoms with Crippen molar-refractivity contribution in [2.45, 2.75) is 12.5 Å². The normalized spacial score (nSPS) is 21.8. The minimum Gasteiger partial charge on any atom is -0.383 e. The maximum Gasteiger partial charge on any atom is 0.101 e. The van der Waals surface area contributed by atoms with E-state index in [2.05, 4.69) is 93.0 Å². The number of aromatic nitrogens is 2. The van der Waals surface area contributed by atoms with Crippen LogP contribution in [0.5, 0.6) is 0 Å². The molecule has 0 saturated carbocycles. The molecular formula is C22H23IN4. The Balaban J connectivity index is 1.47. The number of nitrogens with zero attached hydrogens (tertiary/aromatic N) is 3. The van der Waals surface area contributed by atoms with Gasteiger partial charge in [0.2, 0.25) is 0 Å². The lowest BCUT2D eigenvalue weighted by atomic mass is 9.80. The molecule has 2 aliphatic rings. The van der Waals surface area contributed by atoms with Crippen molar-refractivity contribution in [3.05, 3.63) is 63.6 Å². The molecule has 5 rings (SSSR count). The molecule has 0 unspecified atom stereocenters. The van der Waals surface area contributed by atoms with Gasteiger partial charge in [-0.1, -0.05) is 18.2 Å². The summed E-state index contributed by atoms with van der Waals surface area (Å²) in [6, 6.07) is 11.4. The Morgan fingerprint density at radius 3 is 2.93 bits per heavy atom. The maximum atomic E-state index is 4.37. The fraction of sp³-hybridized carbons (Fsp3) is 0.318. The topological polar surface area (TPSA) is 33.1 Å². The highest BCUT2D eigenvalue weighted by Gasteiger charge is 2.33. The molecule has 3 aromatic rings. The number of aryl methyl sites for hydroxylation is 1. The predicted molar refractivity (Wildman–Crippen MR) is 120 cm³/mol. The van der Waals surface area contributed by atoms with E-state index in [1.807, 2.05) is 12.3 Å². The second kappa shape index (κ2) is 6.63. The summed E-state index contributed by atoms with van der Waals surface area (Å²) in [5.41, 5.74) is 6.84. The van der Waals surface area contributed by atoms with Crippen molar-refractivity contribution in [3.8, 4) is 0 Å². The van der Waals surface area contributed by atoms with Gasteiger partial charge in [-0.2, -0.15) is 0 Å². The summed E-state index contributed by atoms with van der Waals surface area (Å²) in [5, 5.41) is 5.01. The molecule has 0 spiro atoms. The summed E-state index contributed by atoms with van der Waals surface area (Å²) in [6.07, 6.45) is 7.86. The largest absolute Gasteiger partial charge is 0.383 e. The first-order chi connectivity index (χ1) is 13.1. The number of fused-ring (bicyclic) bond motifs is 2. The van der Waals surface area contributed by atoms with E-state index in [1.54, 1.807) is 0 Å². The Morgan fingerprint density at radius 1 is 1.22 bits per heavy atom. The van der Waals surface area contributed by atoms with Gasteiger partial charge in [-0.05, 0) is 71.0 Å². The van der Waals surface area contributed by atoms with Crippen LogP contribution in [0, 0.1) is 9.62 Å². The fourth-order valence-electron chi connectivity index (χ4n) is 4.68. The number of nitrogens with one attached hydrogen (secondary N) is 1. The molecule has 0 fully saturated rings. The Hall–Kier alpha value is -1.86. The second-order valence-corrected chi connectivity index (χ2v) is 8.86. The minimum absolute atomic E-state index is 0.487. The Bertz CT molecular complexity index is 1030. The van der Waals surface area contributed by atoms with Crippen molar-refractivity contribution in [1.82, 2.24) is 14.5 Å². The molecule has 0 saturated heterocycles. The van der Waals surface area contributed by atoms with Crippen LogP contribution in [0.3, 0.4) is 0 Å². The molecule has 3 heterocycles. The SMILES string of the molecule is CN1C[C@H](CNc2ccc(I)nc2)C=C2c3cccc4c3c(cn4C)C[C@H]21. The van der Waals surface area contributed by atoms with Crippen LogP contribution in [0.15, 0.2) is 48.8 Å².